The smallest absolute Gasteiger partial charge is 0.268 e. The van der Waals surface area contributed by atoms with Crippen molar-refractivity contribution in [2.45, 2.75) is 32.4 Å². The molecule has 4 nitrogen and oxygen atoms in total. The van der Waals surface area contributed by atoms with Crippen LogP contribution in [0.5, 0.6) is 0 Å². The Labute approximate surface area is 96.0 Å². The third-order valence-electron chi connectivity index (χ3n) is 3.03. The van der Waals surface area contributed by atoms with Gasteiger partial charge in [-0.1, -0.05) is 0 Å². The third kappa shape index (κ3) is 2.44. The number of aromatic nitrogens is 1. The van der Waals surface area contributed by atoms with Crippen LogP contribution in [0.1, 0.15) is 30.3 Å². The van der Waals surface area contributed by atoms with Crippen LogP contribution in [0.4, 0.5) is 0 Å². The van der Waals surface area contributed by atoms with Crippen LogP contribution in [0.15, 0.2) is 18.3 Å². The minimum absolute atomic E-state index is 0.0422. The van der Waals surface area contributed by atoms with Crippen molar-refractivity contribution in [3.63, 3.8) is 0 Å². The van der Waals surface area contributed by atoms with Crippen molar-refractivity contribution < 1.29 is 4.79 Å². The molecule has 1 aliphatic rings. The first-order valence-corrected chi connectivity index (χ1v) is 5.98. The van der Waals surface area contributed by atoms with E-state index >= 15 is 0 Å². The number of hydrogen-bond acceptors (Lipinski definition) is 2. The van der Waals surface area contributed by atoms with E-state index in [4.69, 9.17) is 0 Å². The molecule has 2 heterocycles. The summed E-state index contributed by atoms with van der Waals surface area (Å²) in [5.41, 5.74) is 0.757. The fraction of sp³-hybridized carbons (Fsp3) is 0.583. The molecule has 1 aromatic rings. The molecule has 0 aromatic carbocycles. The van der Waals surface area contributed by atoms with Gasteiger partial charge < -0.3 is 15.2 Å². The molecule has 0 radical (unpaired) electrons. The maximum Gasteiger partial charge on any atom is 0.268 e. The summed E-state index contributed by atoms with van der Waals surface area (Å²) in [6.45, 7) is 4.83. The monoisotopic (exact) mass is 221 g/mol. The van der Waals surface area contributed by atoms with E-state index in [-0.39, 0.29) is 11.9 Å². The summed E-state index contributed by atoms with van der Waals surface area (Å²) in [6.07, 6.45) is 4.15. The van der Waals surface area contributed by atoms with Crippen LogP contribution < -0.4 is 10.6 Å². The molecule has 0 bridgehead atoms. The van der Waals surface area contributed by atoms with Crippen LogP contribution in [0, 0.1) is 0 Å². The number of aryl methyl sites for hydroxylation is 1. The van der Waals surface area contributed by atoms with Gasteiger partial charge in [0.15, 0.2) is 0 Å². The zero-order valence-electron chi connectivity index (χ0n) is 9.70. The van der Waals surface area contributed by atoms with Gasteiger partial charge in [0, 0.05) is 25.3 Å². The number of carbonyl (C=O) groups excluding carboxylic acids is 1. The van der Waals surface area contributed by atoms with Gasteiger partial charge in [-0.3, -0.25) is 4.79 Å². The highest BCUT2D eigenvalue weighted by atomic mass is 16.2. The number of nitrogens with zero attached hydrogens (tertiary/aromatic N) is 1. The van der Waals surface area contributed by atoms with Gasteiger partial charge in [0.25, 0.3) is 5.91 Å². The quantitative estimate of drug-likeness (QED) is 0.799. The molecule has 2 rings (SSSR count). The average molecular weight is 221 g/mol. The minimum Gasteiger partial charge on any atom is -0.347 e. The summed E-state index contributed by atoms with van der Waals surface area (Å²) in [5.74, 6) is 0.0422. The van der Waals surface area contributed by atoms with Crippen LogP contribution in [0.2, 0.25) is 0 Å². The van der Waals surface area contributed by atoms with Crippen molar-refractivity contribution in [1.82, 2.24) is 15.2 Å². The van der Waals surface area contributed by atoms with Gasteiger partial charge in [-0.25, -0.2) is 0 Å². The average Bonchev–Trinajstić information content (AvgIpc) is 2.78. The van der Waals surface area contributed by atoms with E-state index in [1.807, 2.05) is 29.8 Å². The van der Waals surface area contributed by atoms with Gasteiger partial charge in [-0.05, 0) is 38.4 Å². The first-order valence-electron chi connectivity index (χ1n) is 5.98. The van der Waals surface area contributed by atoms with Crippen molar-refractivity contribution >= 4 is 5.91 Å². The Hall–Kier alpha value is -1.29. The Morgan fingerprint density at radius 1 is 1.69 bits per heavy atom. The Bertz CT molecular complexity index is 353. The fourth-order valence-corrected chi connectivity index (χ4v) is 2.13. The van der Waals surface area contributed by atoms with Gasteiger partial charge in [0.2, 0.25) is 0 Å². The lowest BCUT2D eigenvalue weighted by Gasteiger charge is -2.23. The zero-order valence-corrected chi connectivity index (χ0v) is 9.70. The molecule has 1 fully saturated rings. The molecule has 2 N–H and O–H groups in total. The van der Waals surface area contributed by atoms with E-state index < -0.39 is 0 Å². The number of hydrogen-bond donors (Lipinski definition) is 2. The van der Waals surface area contributed by atoms with E-state index in [0.717, 1.165) is 38.2 Å². The highest BCUT2D eigenvalue weighted by Gasteiger charge is 2.17. The zero-order chi connectivity index (χ0) is 11.4. The number of nitrogens with one attached hydrogen (secondary N) is 2. The van der Waals surface area contributed by atoms with Gasteiger partial charge in [0.05, 0.1) is 0 Å². The third-order valence-corrected chi connectivity index (χ3v) is 3.03. The summed E-state index contributed by atoms with van der Waals surface area (Å²) in [7, 11) is 0. The van der Waals surface area contributed by atoms with Crippen LogP contribution in [0.25, 0.3) is 0 Å². The molecule has 0 aliphatic carbocycles. The largest absolute Gasteiger partial charge is 0.347 e. The van der Waals surface area contributed by atoms with Crippen molar-refractivity contribution in [2.24, 2.45) is 0 Å². The predicted molar refractivity (Wildman–Crippen MR) is 63.5 cm³/mol. The Balaban J connectivity index is 1.96. The van der Waals surface area contributed by atoms with Gasteiger partial charge >= 0.3 is 0 Å². The lowest BCUT2D eigenvalue weighted by atomic mass is 10.1. The summed E-state index contributed by atoms with van der Waals surface area (Å²) in [5, 5.41) is 6.37. The molecule has 0 spiro atoms. The fourth-order valence-electron chi connectivity index (χ4n) is 2.13. The number of piperidine rings is 1. The summed E-state index contributed by atoms with van der Waals surface area (Å²) < 4.78 is 1.96. The second-order valence-corrected chi connectivity index (χ2v) is 4.20. The van der Waals surface area contributed by atoms with Gasteiger partial charge in [-0.2, -0.15) is 0 Å². The second-order valence-electron chi connectivity index (χ2n) is 4.20. The van der Waals surface area contributed by atoms with Gasteiger partial charge in [0.1, 0.15) is 5.69 Å². The van der Waals surface area contributed by atoms with E-state index in [1.165, 1.54) is 0 Å². The molecule has 1 atom stereocenters. The molecular weight excluding hydrogens is 202 g/mol. The van der Waals surface area contributed by atoms with E-state index in [0.29, 0.717) is 0 Å². The minimum atomic E-state index is 0.0422. The number of carbonyl (C=O) groups is 1. The summed E-state index contributed by atoms with van der Waals surface area (Å²) in [6, 6.07) is 4.06. The lowest BCUT2D eigenvalue weighted by Crippen LogP contribution is -2.46. The molecule has 88 valence electrons. The molecular formula is C12H19N3O. The molecule has 4 heteroatoms. The van der Waals surface area contributed by atoms with Gasteiger partial charge in [-0.15, -0.1) is 0 Å². The van der Waals surface area contributed by atoms with E-state index in [9.17, 15) is 4.79 Å². The maximum atomic E-state index is 12.0. The number of rotatable bonds is 3. The molecule has 16 heavy (non-hydrogen) atoms. The normalized spacial score (nSPS) is 20.7. The Morgan fingerprint density at radius 3 is 3.25 bits per heavy atom. The topological polar surface area (TPSA) is 46.1 Å². The SMILES string of the molecule is CCn1cccc1C(=O)N[C@H]1CCCNC1. The summed E-state index contributed by atoms with van der Waals surface area (Å²) >= 11 is 0. The van der Waals surface area contributed by atoms with Crippen LogP contribution >= 0.6 is 0 Å². The van der Waals surface area contributed by atoms with Crippen molar-refractivity contribution in [1.29, 1.82) is 0 Å². The lowest BCUT2D eigenvalue weighted by molar-refractivity contribution is 0.0921. The highest BCUT2D eigenvalue weighted by Crippen LogP contribution is 2.05. The van der Waals surface area contributed by atoms with Crippen LogP contribution in [-0.2, 0) is 6.54 Å². The molecule has 1 saturated heterocycles. The Morgan fingerprint density at radius 2 is 2.56 bits per heavy atom. The maximum absolute atomic E-state index is 12.0. The van der Waals surface area contributed by atoms with E-state index in [2.05, 4.69) is 10.6 Å². The highest BCUT2D eigenvalue weighted by molar-refractivity contribution is 5.92. The Kier molecular flexibility index (Phi) is 3.62. The molecule has 0 unspecified atom stereocenters. The van der Waals surface area contributed by atoms with Crippen LogP contribution in [-0.4, -0.2) is 29.6 Å². The molecule has 1 aliphatic heterocycles. The van der Waals surface area contributed by atoms with Crippen molar-refractivity contribution in [3.8, 4) is 0 Å². The first kappa shape index (κ1) is 11.2. The standard InChI is InChI=1S/C12H19N3O/c1-2-15-8-4-6-11(15)12(16)14-10-5-3-7-13-9-10/h4,6,8,10,13H,2-3,5,7,9H2,1H3,(H,14,16)/t10-/m0/s1. The second kappa shape index (κ2) is 5.16. The molecule has 1 amide bonds. The summed E-state index contributed by atoms with van der Waals surface area (Å²) in [4.78, 5) is 12.0. The predicted octanol–water partition coefficient (Wildman–Crippen LogP) is 0.990. The first-order chi connectivity index (χ1) is 7.81. The van der Waals surface area contributed by atoms with Crippen LogP contribution in [0.3, 0.4) is 0 Å². The van der Waals surface area contributed by atoms with Crippen molar-refractivity contribution in [3.05, 3.63) is 24.0 Å². The number of amides is 1. The van der Waals surface area contributed by atoms with Crippen molar-refractivity contribution in [2.75, 3.05) is 13.1 Å². The van der Waals surface area contributed by atoms with E-state index in [1.54, 1.807) is 0 Å². The molecule has 0 saturated carbocycles. The molecule has 1 aromatic heterocycles.